The van der Waals surface area contributed by atoms with Crippen LogP contribution in [0, 0.1) is 10.8 Å². The molecule has 0 unspecified atom stereocenters. The van der Waals surface area contributed by atoms with Crippen molar-refractivity contribution in [1.82, 2.24) is 0 Å². The minimum Gasteiger partial charge on any atom is -0.469 e. The predicted octanol–water partition coefficient (Wildman–Crippen LogP) is 1.49. The predicted molar refractivity (Wildman–Crippen MR) is 51.7 cm³/mol. The summed E-state index contributed by atoms with van der Waals surface area (Å²) < 4.78 is 4.88. The third-order valence-corrected chi connectivity index (χ3v) is 4.16. The van der Waals surface area contributed by atoms with Crippen molar-refractivity contribution >= 4 is 5.97 Å². The zero-order valence-electron chi connectivity index (χ0n) is 8.71. The quantitative estimate of drug-likeness (QED) is 0.684. The van der Waals surface area contributed by atoms with Crippen LogP contribution in [0.5, 0.6) is 0 Å². The standard InChI is InChI=1S/C11H18O3/c1-14-9(13)11-4-2-3-10(7-11,8-12)5-6-11/h12H,2-8H2,1H3/t10-,11+/m1/s1. The van der Waals surface area contributed by atoms with E-state index in [2.05, 4.69) is 0 Å². The minimum atomic E-state index is -0.254. The molecule has 0 aromatic rings. The van der Waals surface area contributed by atoms with Gasteiger partial charge >= 0.3 is 5.97 Å². The molecule has 3 nitrogen and oxygen atoms in total. The molecule has 14 heavy (non-hydrogen) atoms. The van der Waals surface area contributed by atoms with Crippen LogP contribution in [0.4, 0.5) is 0 Å². The lowest BCUT2D eigenvalue weighted by atomic mass is 9.69. The second-order valence-electron chi connectivity index (χ2n) is 4.96. The molecule has 2 saturated carbocycles. The van der Waals surface area contributed by atoms with Crippen molar-refractivity contribution in [3.8, 4) is 0 Å². The third-order valence-electron chi connectivity index (χ3n) is 4.16. The smallest absolute Gasteiger partial charge is 0.311 e. The van der Waals surface area contributed by atoms with E-state index in [1.165, 1.54) is 7.11 Å². The molecule has 0 aliphatic heterocycles. The number of esters is 1. The number of methoxy groups -OCH3 is 1. The average molecular weight is 198 g/mol. The van der Waals surface area contributed by atoms with Crippen molar-refractivity contribution < 1.29 is 14.6 Å². The van der Waals surface area contributed by atoms with Gasteiger partial charge < -0.3 is 9.84 Å². The van der Waals surface area contributed by atoms with E-state index in [0.717, 1.165) is 38.5 Å². The highest BCUT2D eigenvalue weighted by Crippen LogP contribution is 2.58. The Kier molecular flexibility index (Phi) is 2.30. The van der Waals surface area contributed by atoms with Gasteiger partial charge in [-0.15, -0.1) is 0 Å². The summed E-state index contributed by atoms with van der Waals surface area (Å²) in [5.74, 6) is -0.0625. The van der Waals surface area contributed by atoms with Gasteiger partial charge in [0, 0.05) is 6.61 Å². The molecule has 0 heterocycles. The molecule has 0 amide bonds. The Labute approximate surface area is 84.4 Å². The first-order valence-corrected chi connectivity index (χ1v) is 5.36. The summed E-state index contributed by atoms with van der Waals surface area (Å²) in [5.41, 5.74) is -0.220. The first-order valence-electron chi connectivity index (χ1n) is 5.36. The van der Waals surface area contributed by atoms with Crippen LogP contribution in [0.15, 0.2) is 0 Å². The molecule has 0 aromatic carbocycles. The highest BCUT2D eigenvalue weighted by molar-refractivity contribution is 5.77. The third kappa shape index (κ3) is 1.26. The minimum absolute atomic E-state index is 0.0342. The van der Waals surface area contributed by atoms with E-state index in [1.54, 1.807) is 0 Å². The highest BCUT2D eigenvalue weighted by atomic mass is 16.5. The molecule has 0 saturated heterocycles. The molecule has 0 radical (unpaired) electrons. The molecule has 2 aliphatic carbocycles. The lowest BCUT2D eigenvalue weighted by Gasteiger charge is -2.36. The van der Waals surface area contributed by atoms with Gasteiger partial charge in [-0.25, -0.2) is 0 Å². The number of carbonyl (C=O) groups excluding carboxylic acids is 1. The second-order valence-corrected chi connectivity index (χ2v) is 4.96. The number of hydrogen-bond acceptors (Lipinski definition) is 3. The van der Waals surface area contributed by atoms with Crippen molar-refractivity contribution in [2.75, 3.05) is 13.7 Å². The monoisotopic (exact) mass is 198 g/mol. The Balaban J connectivity index is 2.20. The van der Waals surface area contributed by atoms with E-state index in [4.69, 9.17) is 4.74 Å². The molecule has 0 spiro atoms. The molecule has 2 atom stereocenters. The van der Waals surface area contributed by atoms with E-state index in [0.29, 0.717) is 0 Å². The molecule has 2 bridgehead atoms. The summed E-state index contributed by atoms with van der Waals surface area (Å²) in [4.78, 5) is 11.7. The lowest BCUT2D eigenvalue weighted by molar-refractivity contribution is -0.155. The number of carbonyl (C=O) groups is 1. The maximum atomic E-state index is 11.7. The zero-order valence-corrected chi connectivity index (χ0v) is 8.71. The largest absolute Gasteiger partial charge is 0.469 e. The summed E-state index contributed by atoms with van der Waals surface area (Å²) >= 11 is 0. The van der Waals surface area contributed by atoms with Gasteiger partial charge in [-0.3, -0.25) is 4.79 Å². The summed E-state index contributed by atoms with van der Waals surface area (Å²) in [6.07, 6.45) is 5.79. The zero-order chi connectivity index (χ0) is 10.2. The van der Waals surface area contributed by atoms with Crippen molar-refractivity contribution in [1.29, 1.82) is 0 Å². The molecule has 80 valence electrons. The van der Waals surface area contributed by atoms with Crippen LogP contribution in [-0.2, 0) is 9.53 Å². The Morgan fingerprint density at radius 1 is 1.36 bits per heavy atom. The van der Waals surface area contributed by atoms with Gasteiger partial charge in [0.15, 0.2) is 0 Å². The van der Waals surface area contributed by atoms with Crippen molar-refractivity contribution in [3.63, 3.8) is 0 Å². The first-order chi connectivity index (χ1) is 6.66. The molecule has 1 N–H and O–H groups in total. The van der Waals surface area contributed by atoms with Gasteiger partial charge in [-0.1, -0.05) is 6.42 Å². The van der Waals surface area contributed by atoms with E-state index in [9.17, 15) is 9.90 Å². The van der Waals surface area contributed by atoms with Gasteiger partial charge in [0.25, 0.3) is 0 Å². The average Bonchev–Trinajstić information content (AvgIpc) is 2.51. The van der Waals surface area contributed by atoms with Crippen molar-refractivity contribution in [3.05, 3.63) is 0 Å². The number of aliphatic hydroxyl groups is 1. The number of rotatable bonds is 2. The maximum absolute atomic E-state index is 11.7. The van der Waals surface area contributed by atoms with Gasteiger partial charge in [0.2, 0.25) is 0 Å². The number of hydrogen-bond donors (Lipinski definition) is 1. The molecule has 0 aromatic heterocycles. The topological polar surface area (TPSA) is 46.5 Å². The molecular weight excluding hydrogens is 180 g/mol. The van der Waals surface area contributed by atoms with Gasteiger partial charge in [-0.05, 0) is 37.5 Å². The van der Waals surface area contributed by atoms with E-state index in [-0.39, 0.29) is 23.4 Å². The molecule has 2 fully saturated rings. The van der Waals surface area contributed by atoms with Crippen LogP contribution in [-0.4, -0.2) is 24.8 Å². The fraction of sp³-hybridized carbons (Fsp3) is 0.909. The van der Waals surface area contributed by atoms with Crippen molar-refractivity contribution in [2.45, 2.75) is 38.5 Å². The molecule has 2 rings (SSSR count). The Morgan fingerprint density at radius 2 is 2.14 bits per heavy atom. The van der Waals surface area contributed by atoms with Gasteiger partial charge in [0.1, 0.15) is 0 Å². The fourth-order valence-corrected chi connectivity index (χ4v) is 3.33. The van der Waals surface area contributed by atoms with Crippen LogP contribution < -0.4 is 0 Å². The fourth-order valence-electron chi connectivity index (χ4n) is 3.33. The Hall–Kier alpha value is -0.570. The van der Waals surface area contributed by atoms with E-state index < -0.39 is 0 Å². The molecule has 3 heteroatoms. The van der Waals surface area contributed by atoms with Crippen LogP contribution >= 0.6 is 0 Å². The summed E-state index contributed by atoms with van der Waals surface area (Å²) in [5, 5.41) is 9.39. The SMILES string of the molecule is COC(=O)[C@@]12CCC[C@@](CO)(CC1)C2. The Bertz CT molecular complexity index is 251. The highest BCUT2D eigenvalue weighted by Gasteiger charge is 2.55. The normalized spacial score (nSPS) is 41.0. The van der Waals surface area contributed by atoms with Crippen LogP contribution in [0.2, 0.25) is 0 Å². The first kappa shape index (κ1) is 9.97. The number of fused-ring (bicyclic) bond motifs is 2. The van der Waals surface area contributed by atoms with Gasteiger partial charge in [0.05, 0.1) is 12.5 Å². The lowest BCUT2D eigenvalue weighted by Crippen LogP contribution is -2.36. The van der Waals surface area contributed by atoms with Crippen LogP contribution in [0.25, 0.3) is 0 Å². The maximum Gasteiger partial charge on any atom is 0.311 e. The number of aliphatic hydroxyl groups excluding tert-OH is 1. The second kappa shape index (κ2) is 3.23. The van der Waals surface area contributed by atoms with Crippen LogP contribution in [0.1, 0.15) is 38.5 Å². The van der Waals surface area contributed by atoms with E-state index >= 15 is 0 Å². The Morgan fingerprint density at radius 3 is 2.79 bits per heavy atom. The van der Waals surface area contributed by atoms with Crippen LogP contribution in [0.3, 0.4) is 0 Å². The van der Waals surface area contributed by atoms with Gasteiger partial charge in [-0.2, -0.15) is 0 Å². The summed E-state index contributed by atoms with van der Waals surface area (Å²) in [6.45, 7) is 0.228. The summed E-state index contributed by atoms with van der Waals surface area (Å²) in [7, 11) is 1.46. The number of ether oxygens (including phenoxy) is 1. The molecule has 2 aliphatic rings. The van der Waals surface area contributed by atoms with Crippen molar-refractivity contribution in [2.24, 2.45) is 10.8 Å². The summed E-state index contributed by atoms with van der Waals surface area (Å²) in [6, 6.07) is 0. The van der Waals surface area contributed by atoms with E-state index in [1.807, 2.05) is 0 Å². The molecular formula is C11H18O3.